The zero-order valence-electron chi connectivity index (χ0n) is 11.2. The minimum Gasteiger partial charge on any atom is -0.460 e. The van der Waals surface area contributed by atoms with E-state index in [1.165, 1.54) is 0 Å². The maximum absolute atomic E-state index is 12.9. The van der Waals surface area contributed by atoms with Crippen LogP contribution < -0.4 is 0 Å². The van der Waals surface area contributed by atoms with Crippen LogP contribution >= 0.6 is 0 Å². The highest BCUT2D eigenvalue weighted by molar-refractivity contribution is 7.87. The van der Waals surface area contributed by atoms with Crippen LogP contribution in [0.3, 0.4) is 0 Å². The predicted octanol–water partition coefficient (Wildman–Crippen LogP) is 2.41. The maximum Gasteiger partial charge on any atom is 0.465 e. The monoisotopic (exact) mass is 330 g/mol. The van der Waals surface area contributed by atoms with Gasteiger partial charge in [-0.1, -0.05) is 42.5 Å². The summed E-state index contributed by atoms with van der Waals surface area (Å²) in [5.41, 5.74) is 0.738. The number of carbonyl (C=O) groups is 1. The molecule has 0 unspecified atom stereocenters. The normalized spacial score (nSPS) is 12.3. The molecule has 118 valence electrons. The molecule has 2 aromatic rings. The Labute approximate surface area is 125 Å². The Balaban J connectivity index is 1.99. The molecule has 0 aliphatic rings. The van der Waals surface area contributed by atoms with Gasteiger partial charge in [0.2, 0.25) is 0 Å². The van der Waals surface area contributed by atoms with E-state index in [1.54, 1.807) is 6.07 Å². The number of benzene rings is 2. The molecule has 22 heavy (non-hydrogen) atoms. The van der Waals surface area contributed by atoms with Crippen molar-refractivity contribution < 1.29 is 31.3 Å². The standard InChI is InChI=1S/C14H12F2O5S/c15-14(16,22(18,19)20)13(17)21-8-7-10-5-6-11-3-1-2-4-12(11)9-10/h1-6,9H,7-8H2,(H,18,19,20). The van der Waals surface area contributed by atoms with E-state index in [9.17, 15) is 22.0 Å². The molecule has 8 heteroatoms. The van der Waals surface area contributed by atoms with Crippen molar-refractivity contribution in [2.24, 2.45) is 0 Å². The third-order valence-corrected chi connectivity index (χ3v) is 3.81. The number of rotatable bonds is 5. The average molecular weight is 330 g/mol. The highest BCUT2D eigenvalue weighted by Crippen LogP contribution is 2.22. The molecule has 0 saturated heterocycles. The first kappa shape index (κ1) is 16.3. The zero-order valence-corrected chi connectivity index (χ0v) is 12.0. The van der Waals surface area contributed by atoms with Gasteiger partial charge in [0, 0.05) is 6.42 Å². The Morgan fingerprint density at radius 3 is 2.41 bits per heavy atom. The fourth-order valence-electron chi connectivity index (χ4n) is 1.85. The Bertz CT molecular complexity index is 802. The van der Waals surface area contributed by atoms with Gasteiger partial charge in [-0.05, 0) is 16.3 Å². The number of carbonyl (C=O) groups excluding carboxylic acids is 1. The molecular weight excluding hydrogens is 318 g/mol. The minimum absolute atomic E-state index is 0.137. The van der Waals surface area contributed by atoms with Crippen molar-refractivity contribution in [3.63, 3.8) is 0 Å². The summed E-state index contributed by atoms with van der Waals surface area (Å²) in [5.74, 6) is -2.30. The largest absolute Gasteiger partial charge is 0.465 e. The highest BCUT2D eigenvalue weighted by Gasteiger charge is 2.54. The first-order chi connectivity index (χ1) is 10.2. The second-order valence-electron chi connectivity index (χ2n) is 4.56. The van der Waals surface area contributed by atoms with Crippen molar-refractivity contribution in [2.45, 2.75) is 11.7 Å². The van der Waals surface area contributed by atoms with Crippen LogP contribution in [0.5, 0.6) is 0 Å². The lowest BCUT2D eigenvalue weighted by Gasteiger charge is -2.12. The summed E-state index contributed by atoms with van der Waals surface area (Å²) in [6.07, 6.45) is 0.137. The fraction of sp³-hybridized carbons (Fsp3) is 0.214. The van der Waals surface area contributed by atoms with E-state index in [0.717, 1.165) is 16.3 Å². The smallest absolute Gasteiger partial charge is 0.460 e. The number of ether oxygens (including phenoxy) is 1. The number of alkyl halides is 2. The molecule has 0 aliphatic heterocycles. The van der Waals surface area contributed by atoms with E-state index in [1.807, 2.05) is 36.4 Å². The molecule has 0 heterocycles. The highest BCUT2D eigenvalue weighted by atomic mass is 32.2. The summed E-state index contributed by atoms with van der Waals surface area (Å²) in [6, 6.07) is 12.9. The van der Waals surface area contributed by atoms with Gasteiger partial charge in [-0.25, -0.2) is 4.79 Å². The van der Waals surface area contributed by atoms with Crippen LogP contribution in [0.4, 0.5) is 8.78 Å². The van der Waals surface area contributed by atoms with Crippen molar-refractivity contribution in [3.8, 4) is 0 Å². The molecule has 0 bridgehead atoms. The first-order valence-electron chi connectivity index (χ1n) is 6.21. The molecule has 0 aromatic heterocycles. The topological polar surface area (TPSA) is 80.7 Å². The molecule has 0 aliphatic carbocycles. The quantitative estimate of drug-likeness (QED) is 0.672. The van der Waals surface area contributed by atoms with Crippen LogP contribution in [0.1, 0.15) is 5.56 Å². The Hall–Kier alpha value is -2.06. The molecule has 0 radical (unpaired) electrons. The van der Waals surface area contributed by atoms with E-state index in [4.69, 9.17) is 4.55 Å². The average Bonchev–Trinajstić information content (AvgIpc) is 2.45. The van der Waals surface area contributed by atoms with E-state index >= 15 is 0 Å². The number of halogens is 2. The summed E-state index contributed by atoms with van der Waals surface area (Å²) in [7, 11) is -5.83. The van der Waals surface area contributed by atoms with Gasteiger partial charge < -0.3 is 4.74 Å². The summed E-state index contributed by atoms with van der Waals surface area (Å²) >= 11 is 0. The summed E-state index contributed by atoms with van der Waals surface area (Å²) < 4.78 is 59.1. The fourth-order valence-corrected chi connectivity index (χ4v) is 2.11. The number of fused-ring (bicyclic) bond motifs is 1. The molecule has 0 fully saturated rings. The van der Waals surface area contributed by atoms with Gasteiger partial charge in [0.25, 0.3) is 0 Å². The SMILES string of the molecule is O=C(OCCc1ccc2ccccc2c1)C(F)(F)S(=O)(=O)O. The number of esters is 1. The van der Waals surface area contributed by atoms with E-state index in [-0.39, 0.29) is 6.42 Å². The van der Waals surface area contributed by atoms with Crippen LogP contribution in [0, 0.1) is 0 Å². The summed E-state index contributed by atoms with van der Waals surface area (Å²) in [5, 5.41) is -3.02. The molecule has 0 saturated carbocycles. The van der Waals surface area contributed by atoms with Gasteiger partial charge in [0.05, 0.1) is 6.61 Å². The van der Waals surface area contributed by atoms with E-state index < -0.39 is 27.9 Å². The van der Waals surface area contributed by atoms with Crippen molar-refractivity contribution in [1.82, 2.24) is 0 Å². The summed E-state index contributed by atoms with van der Waals surface area (Å²) in [6.45, 7) is -0.428. The minimum atomic E-state index is -5.83. The van der Waals surface area contributed by atoms with E-state index in [0.29, 0.717) is 0 Å². The van der Waals surface area contributed by atoms with Gasteiger partial charge in [-0.3, -0.25) is 4.55 Å². The predicted molar refractivity (Wildman–Crippen MR) is 75.1 cm³/mol. The molecule has 2 aromatic carbocycles. The van der Waals surface area contributed by atoms with Crippen molar-refractivity contribution in [1.29, 1.82) is 0 Å². The van der Waals surface area contributed by atoms with E-state index in [2.05, 4.69) is 4.74 Å². The van der Waals surface area contributed by atoms with Crippen LogP contribution in [-0.2, 0) is 26.1 Å². The van der Waals surface area contributed by atoms with Crippen molar-refractivity contribution >= 4 is 26.9 Å². The van der Waals surface area contributed by atoms with Gasteiger partial charge in [0.1, 0.15) is 0 Å². The summed E-state index contributed by atoms with van der Waals surface area (Å²) in [4.78, 5) is 11.0. The molecule has 0 spiro atoms. The maximum atomic E-state index is 12.9. The van der Waals surface area contributed by atoms with Crippen molar-refractivity contribution in [2.75, 3.05) is 6.61 Å². The molecule has 2 rings (SSSR count). The molecule has 0 atom stereocenters. The van der Waals surface area contributed by atoms with Gasteiger partial charge in [-0.15, -0.1) is 0 Å². The lowest BCUT2D eigenvalue weighted by atomic mass is 10.1. The van der Waals surface area contributed by atoms with Crippen LogP contribution in [0.2, 0.25) is 0 Å². The Morgan fingerprint density at radius 2 is 1.77 bits per heavy atom. The molecule has 0 amide bonds. The molecular formula is C14H12F2O5S. The second kappa shape index (κ2) is 5.98. The lowest BCUT2D eigenvalue weighted by Crippen LogP contribution is -2.39. The first-order valence-corrected chi connectivity index (χ1v) is 7.65. The third kappa shape index (κ3) is 3.40. The van der Waals surface area contributed by atoms with Crippen LogP contribution in [-0.4, -0.2) is 30.8 Å². The Kier molecular flexibility index (Phi) is 4.43. The molecule has 5 nitrogen and oxygen atoms in total. The number of hydrogen-bond acceptors (Lipinski definition) is 4. The lowest BCUT2D eigenvalue weighted by molar-refractivity contribution is -0.161. The zero-order chi connectivity index (χ0) is 16.4. The third-order valence-electron chi connectivity index (χ3n) is 3.00. The van der Waals surface area contributed by atoms with Gasteiger partial charge in [-0.2, -0.15) is 17.2 Å². The van der Waals surface area contributed by atoms with Crippen molar-refractivity contribution in [3.05, 3.63) is 48.0 Å². The molecule has 1 N–H and O–H groups in total. The number of hydrogen-bond donors (Lipinski definition) is 1. The van der Waals surface area contributed by atoms with Crippen LogP contribution in [0.15, 0.2) is 42.5 Å². The van der Waals surface area contributed by atoms with Gasteiger partial charge >= 0.3 is 21.3 Å². The van der Waals surface area contributed by atoms with Gasteiger partial charge in [0.15, 0.2) is 0 Å². The Morgan fingerprint density at radius 1 is 1.14 bits per heavy atom. The second-order valence-corrected chi connectivity index (χ2v) is 6.02. The van der Waals surface area contributed by atoms with Crippen LogP contribution in [0.25, 0.3) is 10.8 Å².